The van der Waals surface area contributed by atoms with Crippen LogP contribution in [0.3, 0.4) is 0 Å². The molecule has 0 fully saturated rings. The van der Waals surface area contributed by atoms with Crippen LogP contribution in [0.2, 0.25) is 0 Å². The number of hydrogen-bond acceptors (Lipinski definition) is 11. The normalized spacial score (nSPS) is 11.1. The molecule has 4 aromatic rings. The molecule has 0 aliphatic carbocycles. The van der Waals surface area contributed by atoms with Crippen molar-refractivity contribution in [2.24, 2.45) is 0 Å². The third-order valence-electron chi connectivity index (χ3n) is 3.53. The molecule has 0 spiro atoms. The zero-order valence-electron chi connectivity index (χ0n) is 14.0. The largest absolute Gasteiger partial charge is 0.461 e. The average molecular weight is 403 g/mol. The summed E-state index contributed by atoms with van der Waals surface area (Å²) >= 11 is 3.01. The first-order chi connectivity index (χ1) is 13.2. The molecule has 0 aliphatic rings. The topological polar surface area (TPSA) is 135 Å². The highest BCUT2D eigenvalue weighted by atomic mass is 32.2. The number of ether oxygens (including phenoxy) is 1. The van der Waals surface area contributed by atoms with Crippen molar-refractivity contribution >= 4 is 45.1 Å². The number of esters is 1. The third-order valence-corrected chi connectivity index (χ3v) is 5.73. The highest BCUT2D eigenvalue weighted by Gasteiger charge is 2.25. The fraction of sp³-hybridized carbons (Fsp3) is 0.200. The standard InChI is InChI=1S/C15H13N7O3S2/c1-2-24-14(23)11-9(22(21-18-11)13-12(16)19-25-20-13)7-26-15-17-8-5-3-4-6-10(8)27-15/h3-6H,2,7H2,1H3,(H2,16,19). The van der Waals surface area contributed by atoms with E-state index in [1.807, 2.05) is 24.3 Å². The molecule has 0 amide bonds. The van der Waals surface area contributed by atoms with Gasteiger partial charge in [0.25, 0.3) is 0 Å². The SMILES string of the molecule is CCOC(=O)c1nnn(-c2nonc2N)c1CSc1nc2ccccc2s1. The molecule has 0 radical (unpaired) electrons. The second kappa shape index (κ2) is 7.32. The number of fused-ring (bicyclic) bond motifs is 1. The molecule has 0 aliphatic heterocycles. The molecule has 0 unspecified atom stereocenters. The van der Waals surface area contributed by atoms with Crippen LogP contribution < -0.4 is 5.73 Å². The van der Waals surface area contributed by atoms with Crippen molar-refractivity contribution in [2.75, 3.05) is 12.3 Å². The molecule has 2 N–H and O–H groups in total. The van der Waals surface area contributed by atoms with Crippen molar-refractivity contribution in [3.8, 4) is 5.82 Å². The van der Waals surface area contributed by atoms with Crippen LogP contribution in [0, 0.1) is 0 Å². The van der Waals surface area contributed by atoms with Gasteiger partial charge in [0.05, 0.1) is 22.5 Å². The van der Waals surface area contributed by atoms with Crippen molar-refractivity contribution in [1.82, 2.24) is 30.3 Å². The molecule has 10 nitrogen and oxygen atoms in total. The number of thiazole rings is 1. The fourth-order valence-electron chi connectivity index (χ4n) is 2.34. The van der Waals surface area contributed by atoms with Gasteiger partial charge in [0.2, 0.25) is 11.6 Å². The lowest BCUT2D eigenvalue weighted by Gasteiger charge is -2.04. The van der Waals surface area contributed by atoms with E-state index < -0.39 is 5.97 Å². The summed E-state index contributed by atoms with van der Waals surface area (Å²) in [5.41, 5.74) is 7.24. The van der Waals surface area contributed by atoms with E-state index in [4.69, 9.17) is 10.5 Å². The van der Waals surface area contributed by atoms with Crippen LogP contribution in [0.1, 0.15) is 23.1 Å². The minimum absolute atomic E-state index is 0.0431. The Kier molecular flexibility index (Phi) is 4.73. The first kappa shape index (κ1) is 17.4. The number of thioether (sulfide) groups is 1. The summed E-state index contributed by atoms with van der Waals surface area (Å²) in [6, 6.07) is 7.87. The van der Waals surface area contributed by atoms with Gasteiger partial charge in [0.15, 0.2) is 10.0 Å². The molecule has 0 saturated carbocycles. The molecule has 0 saturated heterocycles. The van der Waals surface area contributed by atoms with Crippen LogP contribution in [-0.2, 0) is 10.5 Å². The quantitative estimate of drug-likeness (QED) is 0.377. The second-order valence-electron chi connectivity index (χ2n) is 5.23. The Morgan fingerprint density at radius 3 is 2.96 bits per heavy atom. The zero-order valence-corrected chi connectivity index (χ0v) is 15.7. The van der Waals surface area contributed by atoms with Crippen molar-refractivity contribution in [3.63, 3.8) is 0 Å². The summed E-state index contributed by atoms with van der Waals surface area (Å²) in [6.07, 6.45) is 0. The lowest BCUT2D eigenvalue weighted by molar-refractivity contribution is 0.0518. The number of rotatable bonds is 6. The van der Waals surface area contributed by atoms with Crippen LogP contribution in [0.25, 0.3) is 16.0 Å². The number of anilines is 1. The van der Waals surface area contributed by atoms with Gasteiger partial charge in [-0.15, -0.1) is 16.4 Å². The minimum Gasteiger partial charge on any atom is -0.461 e. The van der Waals surface area contributed by atoms with Crippen LogP contribution in [0.4, 0.5) is 5.82 Å². The Labute approximate surface area is 160 Å². The number of carbonyl (C=O) groups is 1. The summed E-state index contributed by atoms with van der Waals surface area (Å²) in [7, 11) is 0. The summed E-state index contributed by atoms with van der Waals surface area (Å²) in [4.78, 5) is 16.8. The van der Waals surface area contributed by atoms with Crippen LogP contribution in [0.5, 0.6) is 0 Å². The number of nitrogen functional groups attached to an aromatic ring is 1. The molecule has 4 rings (SSSR count). The van der Waals surface area contributed by atoms with E-state index >= 15 is 0 Å². The molecule has 3 heterocycles. The van der Waals surface area contributed by atoms with Gasteiger partial charge < -0.3 is 10.5 Å². The summed E-state index contributed by atoms with van der Waals surface area (Å²) in [6.45, 7) is 1.95. The average Bonchev–Trinajstić information content (AvgIpc) is 3.37. The Balaban J connectivity index is 1.67. The van der Waals surface area contributed by atoms with Gasteiger partial charge in [-0.3, -0.25) is 0 Å². The maximum absolute atomic E-state index is 12.2. The zero-order chi connectivity index (χ0) is 18.8. The van der Waals surface area contributed by atoms with Gasteiger partial charge in [0, 0.05) is 5.75 Å². The maximum atomic E-state index is 12.2. The van der Waals surface area contributed by atoms with Crippen molar-refractivity contribution < 1.29 is 14.2 Å². The number of para-hydroxylation sites is 1. The van der Waals surface area contributed by atoms with Gasteiger partial charge in [-0.05, 0) is 29.4 Å². The molecule has 1 aromatic carbocycles. The molecule has 0 bridgehead atoms. The lowest BCUT2D eigenvalue weighted by atomic mass is 10.3. The van der Waals surface area contributed by atoms with E-state index in [1.54, 1.807) is 18.3 Å². The van der Waals surface area contributed by atoms with Crippen molar-refractivity contribution in [1.29, 1.82) is 0 Å². The predicted molar refractivity (Wildman–Crippen MR) is 98.8 cm³/mol. The molecule has 12 heteroatoms. The summed E-state index contributed by atoms with van der Waals surface area (Å²) < 4.78 is 13.0. The maximum Gasteiger partial charge on any atom is 0.360 e. The first-order valence-corrected chi connectivity index (χ1v) is 9.66. The fourth-order valence-corrected chi connectivity index (χ4v) is 4.40. The van der Waals surface area contributed by atoms with E-state index in [0.29, 0.717) is 11.4 Å². The minimum atomic E-state index is -0.571. The molecule has 27 heavy (non-hydrogen) atoms. The predicted octanol–water partition coefficient (Wildman–Crippen LogP) is 2.31. The first-order valence-electron chi connectivity index (χ1n) is 7.86. The van der Waals surface area contributed by atoms with E-state index in [0.717, 1.165) is 14.6 Å². The summed E-state index contributed by atoms with van der Waals surface area (Å²) in [5, 5.41) is 15.2. The molecular formula is C15H13N7O3S2. The van der Waals surface area contributed by atoms with Gasteiger partial charge in [-0.25, -0.2) is 14.4 Å². The Morgan fingerprint density at radius 1 is 1.37 bits per heavy atom. The molecule has 3 aromatic heterocycles. The molecule has 138 valence electrons. The Bertz CT molecular complexity index is 1070. The Morgan fingerprint density at radius 2 is 2.22 bits per heavy atom. The van der Waals surface area contributed by atoms with E-state index in [2.05, 4.69) is 30.2 Å². The van der Waals surface area contributed by atoms with Crippen LogP contribution in [-0.4, -0.2) is 42.9 Å². The highest BCUT2D eigenvalue weighted by Crippen LogP contribution is 2.32. The van der Waals surface area contributed by atoms with Gasteiger partial charge >= 0.3 is 5.97 Å². The smallest absolute Gasteiger partial charge is 0.360 e. The molecule has 0 atom stereocenters. The Hall–Kier alpha value is -2.99. The highest BCUT2D eigenvalue weighted by molar-refractivity contribution is 8.00. The van der Waals surface area contributed by atoms with Gasteiger partial charge in [-0.2, -0.15) is 4.68 Å². The van der Waals surface area contributed by atoms with Crippen LogP contribution >= 0.6 is 23.1 Å². The number of benzene rings is 1. The third kappa shape index (κ3) is 3.36. The van der Waals surface area contributed by atoms with Crippen molar-refractivity contribution in [3.05, 3.63) is 35.7 Å². The van der Waals surface area contributed by atoms with Gasteiger partial charge in [-0.1, -0.05) is 29.1 Å². The van der Waals surface area contributed by atoms with Crippen LogP contribution in [0.15, 0.2) is 33.2 Å². The van der Waals surface area contributed by atoms with Gasteiger partial charge in [0.1, 0.15) is 0 Å². The van der Waals surface area contributed by atoms with E-state index in [-0.39, 0.29) is 23.9 Å². The number of nitrogens with two attached hydrogens (primary N) is 1. The van der Waals surface area contributed by atoms with E-state index in [9.17, 15) is 4.79 Å². The van der Waals surface area contributed by atoms with Crippen molar-refractivity contribution in [2.45, 2.75) is 17.0 Å². The lowest BCUT2D eigenvalue weighted by Crippen LogP contribution is -2.10. The van der Waals surface area contributed by atoms with E-state index in [1.165, 1.54) is 16.4 Å². The molecular weight excluding hydrogens is 390 g/mol. The number of aromatic nitrogens is 6. The number of carbonyl (C=O) groups excluding carboxylic acids is 1. The monoisotopic (exact) mass is 403 g/mol. The number of nitrogens with zero attached hydrogens (tertiary/aromatic N) is 6. The summed E-state index contributed by atoms with van der Waals surface area (Å²) in [5.74, 6) is -0.00837. The number of hydrogen-bond donors (Lipinski definition) is 1. The second-order valence-corrected chi connectivity index (χ2v) is 7.48.